The van der Waals surface area contributed by atoms with Crippen LogP contribution in [0.5, 0.6) is 0 Å². The fraction of sp³-hybridized carbons (Fsp3) is 0.481. The molecular weight excluding hydrogens is 475 g/mol. The Morgan fingerprint density at radius 1 is 1.22 bits per heavy atom. The SMILES string of the molecule is CCCC[C@@H](Nc1nc(Nc2ccc3cnn(C)c3c2)c(C(N)=O)cc1F)[C@H](C)CC(=O)OC(C)(C)C. The Hall–Kier alpha value is -3.69. The van der Waals surface area contributed by atoms with Gasteiger partial charge in [-0.2, -0.15) is 5.10 Å². The van der Waals surface area contributed by atoms with E-state index in [1.165, 1.54) is 0 Å². The third kappa shape index (κ3) is 7.41. The Balaban J connectivity index is 1.89. The Morgan fingerprint density at radius 2 is 1.95 bits per heavy atom. The van der Waals surface area contributed by atoms with Gasteiger partial charge in [0, 0.05) is 24.2 Å². The summed E-state index contributed by atoms with van der Waals surface area (Å²) in [6.45, 7) is 9.46. The van der Waals surface area contributed by atoms with Crippen LogP contribution < -0.4 is 16.4 Å². The Labute approximate surface area is 217 Å². The number of aryl methyl sites for hydroxylation is 1. The van der Waals surface area contributed by atoms with Gasteiger partial charge in [0.05, 0.1) is 23.7 Å². The number of primary amides is 1. The topological polar surface area (TPSA) is 124 Å². The number of carbonyl (C=O) groups is 2. The summed E-state index contributed by atoms with van der Waals surface area (Å²) in [4.78, 5) is 28.9. The second-order valence-corrected chi connectivity index (χ2v) is 10.4. The minimum Gasteiger partial charge on any atom is -0.460 e. The van der Waals surface area contributed by atoms with Gasteiger partial charge in [-0.25, -0.2) is 9.37 Å². The first kappa shape index (κ1) is 27.9. The lowest BCUT2D eigenvalue weighted by molar-refractivity contribution is -0.155. The summed E-state index contributed by atoms with van der Waals surface area (Å²) in [6.07, 6.45) is 4.46. The van der Waals surface area contributed by atoms with E-state index in [4.69, 9.17) is 10.5 Å². The molecule has 3 rings (SSSR count). The van der Waals surface area contributed by atoms with E-state index in [-0.39, 0.29) is 41.5 Å². The molecule has 10 heteroatoms. The van der Waals surface area contributed by atoms with Gasteiger partial charge in [0.25, 0.3) is 5.91 Å². The number of amides is 1. The molecule has 0 unspecified atom stereocenters. The molecule has 0 saturated heterocycles. The van der Waals surface area contributed by atoms with Gasteiger partial charge < -0.3 is 21.1 Å². The zero-order chi connectivity index (χ0) is 27.3. The van der Waals surface area contributed by atoms with Crippen LogP contribution in [0, 0.1) is 11.7 Å². The van der Waals surface area contributed by atoms with Crippen molar-refractivity contribution in [3.63, 3.8) is 0 Å². The molecule has 2 heterocycles. The number of rotatable bonds is 11. The average molecular weight is 513 g/mol. The number of unbranched alkanes of at least 4 members (excludes halogenated alkanes) is 1. The molecule has 2 aromatic heterocycles. The molecule has 3 aromatic rings. The van der Waals surface area contributed by atoms with E-state index in [0.29, 0.717) is 12.1 Å². The molecular formula is C27H37FN6O3. The summed E-state index contributed by atoms with van der Waals surface area (Å²) >= 11 is 0. The number of nitrogens with two attached hydrogens (primary N) is 1. The smallest absolute Gasteiger partial charge is 0.306 e. The van der Waals surface area contributed by atoms with Gasteiger partial charge >= 0.3 is 5.97 Å². The number of nitrogens with one attached hydrogen (secondary N) is 2. The number of anilines is 3. The maximum atomic E-state index is 15.1. The van der Waals surface area contributed by atoms with Crippen LogP contribution >= 0.6 is 0 Å². The summed E-state index contributed by atoms with van der Waals surface area (Å²) in [7, 11) is 1.83. The molecule has 2 atom stereocenters. The lowest BCUT2D eigenvalue weighted by Gasteiger charge is -2.27. The Kier molecular flexibility index (Phi) is 8.73. The van der Waals surface area contributed by atoms with Gasteiger partial charge in [-0.05, 0) is 57.4 Å². The number of benzene rings is 1. The number of halogens is 1. The molecule has 0 aliphatic rings. The van der Waals surface area contributed by atoms with Crippen LogP contribution in [-0.4, -0.2) is 38.3 Å². The van der Waals surface area contributed by atoms with Gasteiger partial charge in [-0.15, -0.1) is 0 Å². The molecule has 200 valence electrons. The molecule has 0 radical (unpaired) electrons. The van der Waals surface area contributed by atoms with Crippen LogP contribution in [0.15, 0.2) is 30.5 Å². The molecule has 0 aliphatic heterocycles. The Morgan fingerprint density at radius 3 is 2.59 bits per heavy atom. The minimum absolute atomic E-state index is 0.0220. The number of aromatic nitrogens is 3. The molecule has 0 saturated carbocycles. The molecule has 0 bridgehead atoms. The number of hydrogen-bond acceptors (Lipinski definition) is 7. The van der Waals surface area contributed by atoms with Crippen molar-refractivity contribution in [1.29, 1.82) is 0 Å². The van der Waals surface area contributed by atoms with Gasteiger partial charge in [-0.3, -0.25) is 14.3 Å². The average Bonchev–Trinajstić information content (AvgIpc) is 3.16. The van der Waals surface area contributed by atoms with Crippen molar-refractivity contribution in [2.24, 2.45) is 18.7 Å². The van der Waals surface area contributed by atoms with Crippen LogP contribution in [0.2, 0.25) is 0 Å². The van der Waals surface area contributed by atoms with Crippen LogP contribution in [0.3, 0.4) is 0 Å². The monoisotopic (exact) mass is 512 g/mol. The highest BCUT2D eigenvalue weighted by atomic mass is 19.1. The van der Waals surface area contributed by atoms with E-state index >= 15 is 4.39 Å². The quantitative estimate of drug-likeness (QED) is 0.298. The molecule has 9 nitrogen and oxygen atoms in total. The molecule has 37 heavy (non-hydrogen) atoms. The first-order chi connectivity index (χ1) is 17.4. The van der Waals surface area contributed by atoms with Crippen molar-refractivity contribution in [2.75, 3.05) is 10.6 Å². The maximum Gasteiger partial charge on any atom is 0.306 e. The van der Waals surface area contributed by atoms with Gasteiger partial charge in [-0.1, -0.05) is 26.7 Å². The van der Waals surface area contributed by atoms with Gasteiger partial charge in [0.15, 0.2) is 11.6 Å². The van der Waals surface area contributed by atoms with Crippen LogP contribution in [-0.2, 0) is 16.6 Å². The lowest BCUT2D eigenvalue weighted by atomic mass is 9.93. The normalized spacial score (nSPS) is 13.3. The fourth-order valence-electron chi connectivity index (χ4n) is 4.12. The second kappa shape index (κ2) is 11.6. The summed E-state index contributed by atoms with van der Waals surface area (Å²) < 4.78 is 22.3. The third-order valence-corrected chi connectivity index (χ3v) is 6.04. The summed E-state index contributed by atoms with van der Waals surface area (Å²) in [5.74, 6) is -1.86. The standard InChI is InChI=1S/C27H37FN6O3/c1-7-8-9-21(16(2)12-23(35)37-27(3,4)5)32-26-20(28)14-19(24(29)36)25(33-26)31-18-11-10-17-15-30-34(6)22(17)13-18/h10-11,13-16,21H,7-9,12H2,1-6H3,(H2,29,36)(H2,31,32,33)/t16-,21-/m1/s1. The number of ether oxygens (including phenoxy) is 1. The van der Waals surface area contributed by atoms with Crippen LogP contribution in [0.1, 0.15) is 70.7 Å². The molecule has 0 spiro atoms. The zero-order valence-electron chi connectivity index (χ0n) is 22.4. The van der Waals surface area contributed by atoms with E-state index in [0.717, 1.165) is 29.8 Å². The number of carbonyl (C=O) groups excluding carboxylic acids is 2. The number of hydrogen-bond donors (Lipinski definition) is 3. The van der Waals surface area contributed by atoms with E-state index < -0.39 is 17.3 Å². The highest BCUT2D eigenvalue weighted by Gasteiger charge is 2.26. The van der Waals surface area contributed by atoms with Crippen molar-refractivity contribution in [2.45, 2.75) is 71.9 Å². The second-order valence-electron chi connectivity index (χ2n) is 10.4. The molecule has 1 amide bonds. The van der Waals surface area contributed by atoms with Crippen molar-refractivity contribution in [1.82, 2.24) is 14.8 Å². The highest BCUT2D eigenvalue weighted by molar-refractivity contribution is 5.99. The fourth-order valence-corrected chi connectivity index (χ4v) is 4.12. The molecule has 0 aliphatic carbocycles. The molecule has 1 aromatic carbocycles. The zero-order valence-corrected chi connectivity index (χ0v) is 22.4. The van der Waals surface area contributed by atoms with E-state index in [1.807, 2.05) is 52.9 Å². The number of pyridine rings is 1. The summed E-state index contributed by atoms with van der Waals surface area (Å²) in [6, 6.07) is 6.40. The van der Waals surface area contributed by atoms with Crippen LogP contribution in [0.4, 0.5) is 21.7 Å². The first-order valence-electron chi connectivity index (χ1n) is 12.6. The largest absolute Gasteiger partial charge is 0.460 e. The highest BCUT2D eigenvalue weighted by Crippen LogP contribution is 2.28. The maximum absolute atomic E-state index is 15.1. The van der Waals surface area contributed by atoms with Crippen molar-refractivity contribution < 1.29 is 18.7 Å². The van der Waals surface area contributed by atoms with Gasteiger partial charge in [0.1, 0.15) is 11.4 Å². The predicted molar refractivity (Wildman–Crippen MR) is 143 cm³/mol. The summed E-state index contributed by atoms with van der Waals surface area (Å²) in [5.41, 5.74) is 6.40. The molecule has 4 N–H and O–H groups in total. The van der Waals surface area contributed by atoms with Crippen molar-refractivity contribution >= 4 is 40.1 Å². The lowest BCUT2D eigenvalue weighted by Crippen LogP contribution is -2.32. The van der Waals surface area contributed by atoms with Crippen molar-refractivity contribution in [3.8, 4) is 0 Å². The number of esters is 1. The molecule has 0 fully saturated rings. The predicted octanol–water partition coefficient (Wildman–Crippen LogP) is 5.29. The van der Waals surface area contributed by atoms with E-state index in [2.05, 4.69) is 27.6 Å². The Bertz CT molecular complexity index is 1270. The van der Waals surface area contributed by atoms with Crippen molar-refractivity contribution in [3.05, 3.63) is 41.8 Å². The van der Waals surface area contributed by atoms with E-state index in [1.54, 1.807) is 10.9 Å². The minimum atomic E-state index is -0.803. The summed E-state index contributed by atoms with van der Waals surface area (Å²) in [5, 5.41) is 11.5. The number of nitrogens with zero attached hydrogens (tertiary/aromatic N) is 3. The third-order valence-electron chi connectivity index (χ3n) is 6.04. The number of fused-ring (bicyclic) bond motifs is 1. The van der Waals surface area contributed by atoms with E-state index in [9.17, 15) is 9.59 Å². The van der Waals surface area contributed by atoms with Gasteiger partial charge in [0.2, 0.25) is 0 Å². The first-order valence-corrected chi connectivity index (χ1v) is 12.6. The van der Waals surface area contributed by atoms with Crippen LogP contribution in [0.25, 0.3) is 10.9 Å².